The average Bonchev–Trinajstić information content (AvgIpc) is 3.29. The van der Waals surface area contributed by atoms with Crippen LogP contribution in [0.4, 0.5) is 0 Å². The van der Waals surface area contributed by atoms with Crippen molar-refractivity contribution in [3.63, 3.8) is 0 Å². The zero-order chi connectivity index (χ0) is 15.1. The second kappa shape index (κ2) is 5.08. The van der Waals surface area contributed by atoms with E-state index < -0.39 is 6.04 Å². The summed E-state index contributed by atoms with van der Waals surface area (Å²) in [7, 11) is 0. The lowest BCUT2D eigenvalue weighted by atomic mass is 10.1. The van der Waals surface area contributed by atoms with Crippen molar-refractivity contribution in [2.75, 3.05) is 6.54 Å². The van der Waals surface area contributed by atoms with Crippen molar-refractivity contribution in [1.82, 2.24) is 25.6 Å². The number of H-pyrrole nitrogens is 1. The first-order valence-electron chi connectivity index (χ1n) is 7.65. The number of rotatable bonds is 3. The zero-order valence-corrected chi connectivity index (χ0v) is 12.1. The van der Waals surface area contributed by atoms with Crippen LogP contribution in [0.3, 0.4) is 0 Å². The zero-order valence-electron chi connectivity index (χ0n) is 12.1. The van der Waals surface area contributed by atoms with Gasteiger partial charge in [0.25, 0.3) is 5.91 Å². The number of aromatic nitrogens is 3. The van der Waals surface area contributed by atoms with E-state index >= 15 is 0 Å². The molecule has 2 fully saturated rings. The quantitative estimate of drug-likeness (QED) is 0.782. The second-order valence-electron chi connectivity index (χ2n) is 5.93. The minimum Gasteiger partial charge on any atom is -0.354 e. The number of fused-ring (bicyclic) bond motifs is 1. The number of nitrogens with zero attached hydrogens (tertiary/aromatic N) is 2. The first kappa shape index (κ1) is 13.2. The number of piperidine rings is 1. The van der Waals surface area contributed by atoms with Crippen molar-refractivity contribution in [2.45, 2.75) is 37.6 Å². The van der Waals surface area contributed by atoms with E-state index in [-0.39, 0.29) is 11.8 Å². The Balaban J connectivity index is 1.60. The van der Waals surface area contributed by atoms with Crippen LogP contribution in [0.5, 0.6) is 0 Å². The number of amides is 2. The molecule has 0 radical (unpaired) electrons. The molecular formula is C15H17N5O2. The molecule has 1 saturated heterocycles. The van der Waals surface area contributed by atoms with Gasteiger partial charge in [0.15, 0.2) is 5.65 Å². The van der Waals surface area contributed by atoms with Crippen LogP contribution in [0.15, 0.2) is 12.4 Å². The Morgan fingerprint density at radius 3 is 2.95 bits per heavy atom. The van der Waals surface area contributed by atoms with Gasteiger partial charge in [0.1, 0.15) is 11.6 Å². The lowest BCUT2D eigenvalue weighted by Gasteiger charge is -2.22. The van der Waals surface area contributed by atoms with Crippen LogP contribution in [-0.4, -0.2) is 39.4 Å². The summed E-state index contributed by atoms with van der Waals surface area (Å²) in [6, 6.07) is -0.467. The van der Waals surface area contributed by atoms with Crippen molar-refractivity contribution in [3.8, 4) is 0 Å². The monoisotopic (exact) mass is 299 g/mol. The lowest BCUT2D eigenvalue weighted by molar-refractivity contribution is -0.124. The Hall–Kier alpha value is -2.44. The van der Waals surface area contributed by atoms with Crippen LogP contribution in [-0.2, 0) is 4.79 Å². The molecule has 0 bridgehead atoms. The molecule has 1 atom stereocenters. The van der Waals surface area contributed by atoms with E-state index in [0.29, 0.717) is 35.6 Å². The molecule has 22 heavy (non-hydrogen) atoms. The summed E-state index contributed by atoms with van der Waals surface area (Å²) in [6.45, 7) is 0.675. The molecule has 3 N–H and O–H groups in total. The Morgan fingerprint density at radius 2 is 2.18 bits per heavy atom. The highest BCUT2D eigenvalue weighted by atomic mass is 16.2. The smallest absolute Gasteiger partial charge is 0.255 e. The fourth-order valence-corrected chi connectivity index (χ4v) is 2.80. The van der Waals surface area contributed by atoms with Crippen molar-refractivity contribution in [3.05, 3.63) is 23.7 Å². The first-order valence-corrected chi connectivity index (χ1v) is 7.65. The van der Waals surface area contributed by atoms with Crippen molar-refractivity contribution < 1.29 is 9.59 Å². The molecule has 0 aromatic carbocycles. The predicted molar refractivity (Wildman–Crippen MR) is 79.4 cm³/mol. The minimum absolute atomic E-state index is 0.121. The van der Waals surface area contributed by atoms with E-state index in [9.17, 15) is 9.59 Å². The summed E-state index contributed by atoms with van der Waals surface area (Å²) in [6.07, 6.45) is 7.18. The Morgan fingerprint density at radius 1 is 1.32 bits per heavy atom. The van der Waals surface area contributed by atoms with Gasteiger partial charge in [0.2, 0.25) is 5.91 Å². The standard InChI is InChI=1S/C15H17N5O2/c21-14(20-10-2-1-5-16-15(10)22)9-6-17-13-12(9)19-11(7-18-13)8-3-4-8/h6-8,10H,1-5H2,(H,16,22)(H,17,18)(H,20,21)/t10-/m1/s1. The number of nitrogens with one attached hydrogen (secondary N) is 3. The molecule has 114 valence electrons. The van der Waals surface area contributed by atoms with Crippen molar-refractivity contribution >= 4 is 23.0 Å². The molecule has 7 nitrogen and oxygen atoms in total. The van der Waals surface area contributed by atoms with Gasteiger partial charge in [-0.15, -0.1) is 0 Å². The van der Waals surface area contributed by atoms with Crippen LogP contribution in [0, 0.1) is 0 Å². The van der Waals surface area contributed by atoms with Crippen LogP contribution < -0.4 is 10.6 Å². The second-order valence-corrected chi connectivity index (χ2v) is 5.93. The summed E-state index contributed by atoms with van der Waals surface area (Å²) in [5.74, 6) is 0.0755. The van der Waals surface area contributed by atoms with Crippen LogP contribution in [0.2, 0.25) is 0 Å². The minimum atomic E-state index is -0.467. The highest BCUT2D eigenvalue weighted by Gasteiger charge is 2.28. The SMILES string of the molecule is O=C(N[C@@H]1CCCNC1=O)c1c[nH]c2ncc(C3CC3)nc12. The summed E-state index contributed by atoms with van der Waals surface area (Å²) in [5.41, 5.74) is 2.57. The Labute approximate surface area is 126 Å². The molecule has 2 aromatic heterocycles. The van der Waals surface area contributed by atoms with E-state index in [1.54, 1.807) is 12.4 Å². The van der Waals surface area contributed by atoms with Crippen molar-refractivity contribution in [1.29, 1.82) is 0 Å². The van der Waals surface area contributed by atoms with Gasteiger partial charge in [-0.2, -0.15) is 0 Å². The number of hydrogen-bond donors (Lipinski definition) is 3. The molecule has 2 aliphatic rings. The summed E-state index contributed by atoms with van der Waals surface area (Å²) >= 11 is 0. The van der Waals surface area contributed by atoms with Gasteiger partial charge in [-0.05, 0) is 25.7 Å². The van der Waals surface area contributed by atoms with Gasteiger partial charge >= 0.3 is 0 Å². The molecular weight excluding hydrogens is 282 g/mol. The highest BCUT2D eigenvalue weighted by Crippen LogP contribution is 2.39. The maximum atomic E-state index is 12.5. The topological polar surface area (TPSA) is 99.8 Å². The molecule has 0 unspecified atom stereocenters. The van der Waals surface area contributed by atoms with E-state index in [1.165, 1.54) is 0 Å². The number of carbonyl (C=O) groups is 2. The molecule has 0 spiro atoms. The molecule has 4 rings (SSSR count). The van der Waals surface area contributed by atoms with Gasteiger partial charge in [0.05, 0.1) is 17.5 Å². The summed E-state index contributed by atoms with van der Waals surface area (Å²) in [4.78, 5) is 36.1. The lowest BCUT2D eigenvalue weighted by Crippen LogP contribution is -2.50. The third-order valence-electron chi connectivity index (χ3n) is 4.23. The third-order valence-corrected chi connectivity index (χ3v) is 4.23. The van der Waals surface area contributed by atoms with E-state index in [2.05, 4.69) is 25.6 Å². The van der Waals surface area contributed by atoms with E-state index in [1.807, 2.05) is 0 Å². The van der Waals surface area contributed by atoms with Gasteiger partial charge in [0, 0.05) is 18.7 Å². The molecule has 1 aliphatic carbocycles. The van der Waals surface area contributed by atoms with Crippen molar-refractivity contribution in [2.24, 2.45) is 0 Å². The molecule has 2 aromatic rings. The van der Waals surface area contributed by atoms with Gasteiger partial charge in [-0.3, -0.25) is 9.59 Å². The highest BCUT2D eigenvalue weighted by molar-refractivity contribution is 6.05. The largest absolute Gasteiger partial charge is 0.354 e. The van der Waals surface area contributed by atoms with Crippen LogP contribution in [0.25, 0.3) is 11.2 Å². The van der Waals surface area contributed by atoms with E-state index in [4.69, 9.17) is 0 Å². The fourth-order valence-electron chi connectivity index (χ4n) is 2.80. The maximum Gasteiger partial charge on any atom is 0.255 e. The first-order chi connectivity index (χ1) is 10.7. The molecule has 1 aliphatic heterocycles. The number of hydrogen-bond acceptors (Lipinski definition) is 4. The van der Waals surface area contributed by atoms with E-state index in [0.717, 1.165) is 25.0 Å². The maximum absolute atomic E-state index is 12.5. The summed E-state index contributed by atoms with van der Waals surface area (Å²) in [5, 5.41) is 5.55. The Kier molecular flexibility index (Phi) is 3.06. The van der Waals surface area contributed by atoms with Gasteiger partial charge < -0.3 is 15.6 Å². The fraction of sp³-hybridized carbons (Fsp3) is 0.467. The summed E-state index contributed by atoms with van der Waals surface area (Å²) < 4.78 is 0. The molecule has 3 heterocycles. The number of aromatic amines is 1. The van der Waals surface area contributed by atoms with Crippen LogP contribution >= 0.6 is 0 Å². The van der Waals surface area contributed by atoms with Gasteiger partial charge in [-0.1, -0.05) is 0 Å². The van der Waals surface area contributed by atoms with Crippen LogP contribution in [0.1, 0.15) is 47.7 Å². The molecule has 7 heteroatoms. The predicted octanol–water partition coefficient (Wildman–Crippen LogP) is 0.844. The molecule has 2 amide bonds. The Bertz CT molecular complexity index is 749. The average molecular weight is 299 g/mol. The normalized spacial score (nSPS) is 21.6. The third kappa shape index (κ3) is 2.32. The van der Waals surface area contributed by atoms with Gasteiger partial charge in [-0.25, -0.2) is 9.97 Å². The molecule has 1 saturated carbocycles. The number of carbonyl (C=O) groups excluding carboxylic acids is 2.